The van der Waals surface area contributed by atoms with E-state index in [4.69, 9.17) is 16.3 Å². The number of ether oxygens (including phenoxy) is 1. The van der Waals surface area contributed by atoms with E-state index in [0.29, 0.717) is 42.6 Å². The summed E-state index contributed by atoms with van der Waals surface area (Å²) in [6.07, 6.45) is 0. The third-order valence-corrected chi connectivity index (χ3v) is 4.71. The lowest BCUT2D eigenvalue weighted by atomic mass is 10.1. The Bertz CT molecular complexity index is 641. The van der Waals surface area contributed by atoms with Gasteiger partial charge in [-0.3, -0.25) is 14.5 Å². The number of carbonyl (C=O) groups is 2. The van der Waals surface area contributed by atoms with Crippen LogP contribution in [0.15, 0.2) is 12.1 Å². The van der Waals surface area contributed by atoms with Gasteiger partial charge in [0.25, 0.3) is 0 Å². The second-order valence-corrected chi connectivity index (χ2v) is 7.01. The number of hydrogen-bond acceptors (Lipinski definition) is 4. The van der Waals surface area contributed by atoms with E-state index < -0.39 is 0 Å². The number of rotatable bonds is 5. The Balaban J connectivity index is 1.90. The maximum absolute atomic E-state index is 12.3. The summed E-state index contributed by atoms with van der Waals surface area (Å²) in [6.45, 7) is 8.69. The molecule has 0 aromatic heterocycles. The SMILES string of the molecule is COc1cc(Cl)c(C)cc1NC(=O)CN1CCN(C(=O)C(C)C)CC1. The predicted molar refractivity (Wildman–Crippen MR) is 99.2 cm³/mol. The lowest BCUT2D eigenvalue weighted by molar-refractivity contribution is -0.136. The molecule has 1 aromatic carbocycles. The molecular formula is C18H26ClN3O3. The molecule has 0 unspecified atom stereocenters. The molecule has 1 aliphatic rings. The van der Waals surface area contributed by atoms with Gasteiger partial charge in [-0.1, -0.05) is 25.4 Å². The highest BCUT2D eigenvalue weighted by molar-refractivity contribution is 6.31. The van der Waals surface area contributed by atoms with Crippen molar-refractivity contribution in [3.05, 3.63) is 22.7 Å². The molecule has 1 aromatic rings. The van der Waals surface area contributed by atoms with E-state index in [-0.39, 0.29) is 24.3 Å². The fourth-order valence-corrected chi connectivity index (χ4v) is 2.97. The van der Waals surface area contributed by atoms with Crippen LogP contribution in [0.4, 0.5) is 5.69 Å². The molecule has 0 saturated carbocycles. The van der Waals surface area contributed by atoms with Crippen molar-refractivity contribution in [2.45, 2.75) is 20.8 Å². The number of aryl methyl sites for hydroxylation is 1. The lowest BCUT2D eigenvalue weighted by Crippen LogP contribution is -2.51. The van der Waals surface area contributed by atoms with Gasteiger partial charge in [0.15, 0.2) is 0 Å². The molecule has 138 valence electrons. The van der Waals surface area contributed by atoms with E-state index >= 15 is 0 Å². The zero-order valence-corrected chi connectivity index (χ0v) is 16.0. The second kappa shape index (κ2) is 8.54. The van der Waals surface area contributed by atoms with Crippen molar-refractivity contribution < 1.29 is 14.3 Å². The van der Waals surface area contributed by atoms with E-state index in [1.54, 1.807) is 19.2 Å². The molecule has 0 bridgehead atoms. The van der Waals surface area contributed by atoms with Gasteiger partial charge in [0.2, 0.25) is 11.8 Å². The summed E-state index contributed by atoms with van der Waals surface area (Å²) in [5.74, 6) is 0.612. The Morgan fingerprint density at radius 1 is 1.24 bits per heavy atom. The normalized spacial score (nSPS) is 15.4. The van der Waals surface area contributed by atoms with Gasteiger partial charge in [-0.2, -0.15) is 0 Å². The first-order valence-electron chi connectivity index (χ1n) is 8.47. The predicted octanol–water partition coefficient (Wildman–Crippen LogP) is 2.40. The molecule has 2 amide bonds. The quantitative estimate of drug-likeness (QED) is 0.868. The topological polar surface area (TPSA) is 61.9 Å². The Hall–Kier alpha value is -1.79. The summed E-state index contributed by atoms with van der Waals surface area (Å²) in [4.78, 5) is 28.3. The number of hydrogen-bond donors (Lipinski definition) is 1. The fourth-order valence-electron chi connectivity index (χ4n) is 2.81. The van der Waals surface area contributed by atoms with Crippen LogP contribution in [0.3, 0.4) is 0 Å². The molecule has 1 saturated heterocycles. The van der Waals surface area contributed by atoms with Crippen LogP contribution >= 0.6 is 11.6 Å². The van der Waals surface area contributed by atoms with Crippen LogP contribution in [-0.4, -0.2) is 61.4 Å². The van der Waals surface area contributed by atoms with Gasteiger partial charge in [-0.15, -0.1) is 0 Å². The molecule has 6 nitrogen and oxygen atoms in total. The number of carbonyl (C=O) groups excluding carboxylic acids is 2. The first kappa shape index (κ1) is 19.5. The maximum atomic E-state index is 12.3. The molecule has 1 heterocycles. The average Bonchev–Trinajstić information content (AvgIpc) is 2.57. The standard InChI is InChI=1S/C18H26ClN3O3/c1-12(2)18(24)22-7-5-21(6-8-22)11-17(23)20-15-9-13(3)14(19)10-16(15)25-4/h9-10,12H,5-8,11H2,1-4H3,(H,20,23). The van der Waals surface area contributed by atoms with Crippen molar-refractivity contribution in [1.29, 1.82) is 0 Å². The molecule has 1 aliphatic heterocycles. The molecule has 1 N–H and O–H groups in total. The summed E-state index contributed by atoms with van der Waals surface area (Å²) in [6, 6.07) is 3.50. The van der Waals surface area contributed by atoms with Crippen LogP contribution in [0.2, 0.25) is 5.02 Å². The molecule has 2 rings (SSSR count). The van der Waals surface area contributed by atoms with Gasteiger partial charge in [0, 0.05) is 43.2 Å². The van der Waals surface area contributed by atoms with Crippen molar-refractivity contribution >= 4 is 29.1 Å². The zero-order chi connectivity index (χ0) is 18.6. The molecular weight excluding hydrogens is 342 g/mol. The number of nitrogens with zero attached hydrogens (tertiary/aromatic N) is 2. The first-order chi connectivity index (χ1) is 11.8. The van der Waals surface area contributed by atoms with E-state index in [1.165, 1.54) is 0 Å². The summed E-state index contributed by atoms with van der Waals surface area (Å²) < 4.78 is 5.28. The first-order valence-corrected chi connectivity index (χ1v) is 8.84. The average molecular weight is 368 g/mol. The maximum Gasteiger partial charge on any atom is 0.238 e. The Morgan fingerprint density at radius 3 is 2.44 bits per heavy atom. The van der Waals surface area contributed by atoms with Gasteiger partial charge < -0.3 is 15.0 Å². The molecule has 0 radical (unpaired) electrons. The Morgan fingerprint density at radius 2 is 1.88 bits per heavy atom. The monoisotopic (exact) mass is 367 g/mol. The van der Waals surface area contributed by atoms with Crippen molar-refractivity contribution in [2.24, 2.45) is 5.92 Å². The van der Waals surface area contributed by atoms with Gasteiger partial charge in [0.05, 0.1) is 19.3 Å². The Labute approximate surface area is 154 Å². The number of anilines is 1. The second-order valence-electron chi connectivity index (χ2n) is 6.61. The van der Waals surface area contributed by atoms with E-state index in [1.807, 2.05) is 25.7 Å². The van der Waals surface area contributed by atoms with E-state index in [9.17, 15) is 9.59 Å². The van der Waals surface area contributed by atoms with Gasteiger partial charge in [0.1, 0.15) is 5.75 Å². The minimum atomic E-state index is -0.108. The summed E-state index contributed by atoms with van der Waals surface area (Å²) in [5.41, 5.74) is 1.49. The molecule has 1 fully saturated rings. The third-order valence-electron chi connectivity index (χ3n) is 4.30. The minimum absolute atomic E-state index is 0.00968. The highest BCUT2D eigenvalue weighted by Crippen LogP contribution is 2.30. The van der Waals surface area contributed by atoms with Crippen LogP contribution in [-0.2, 0) is 9.59 Å². The van der Waals surface area contributed by atoms with Gasteiger partial charge in [-0.05, 0) is 18.6 Å². The molecule has 0 aliphatic carbocycles. The van der Waals surface area contributed by atoms with Gasteiger partial charge in [-0.25, -0.2) is 0 Å². The van der Waals surface area contributed by atoms with Crippen molar-refractivity contribution in [1.82, 2.24) is 9.80 Å². The molecule has 25 heavy (non-hydrogen) atoms. The summed E-state index contributed by atoms with van der Waals surface area (Å²) in [7, 11) is 1.54. The third kappa shape index (κ3) is 5.09. The number of nitrogens with one attached hydrogen (secondary N) is 1. The highest BCUT2D eigenvalue weighted by atomic mass is 35.5. The number of amides is 2. The van der Waals surface area contributed by atoms with E-state index in [0.717, 1.165) is 5.56 Å². The number of benzene rings is 1. The van der Waals surface area contributed by atoms with Crippen LogP contribution in [0, 0.1) is 12.8 Å². The number of piperazine rings is 1. The van der Waals surface area contributed by atoms with Gasteiger partial charge >= 0.3 is 0 Å². The van der Waals surface area contributed by atoms with E-state index in [2.05, 4.69) is 10.2 Å². The summed E-state index contributed by atoms with van der Waals surface area (Å²) in [5, 5.41) is 3.48. The smallest absolute Gasteiger partial charge is 0.238 e. The molecule has 0 spiro atoms. The Kier molecular flexibility index (Phi) is 6.67. The highest BCUT2D eigenvalue weighted by Gasteiger charge is 2.24. The van der Waals surface area contributed by atoms with Crippen LogP contribution in [0.25, 0.3) is 0 Å². The van der Waals surface area contributed by atoms with Crippen molar-refractivity contribution in [3.63, 3.8) is 0 Å². The van der Waals surface area contributed by atoms with Crippen LogP contribution in [0.1, 0.15) is 19.4 Å². The van der Waals surface area contributed by atoms with Crippen LogP contribution in [0.5, 0.6) is 5.75 Å². The lowest BCUT2D eigenvalue weighted by Gasteiger charge is -2.35. The van der Waals surface area contributed by atoms with Crippen molar-refractivity contribution in [3.8, 4) is 5.75 Å². The summed E-state index contributed by atoms with van der Waals surface area (Å²) >= 11 is 6.08. The number of halogens is 1. The fraction of sp³-hybridized carbons (Fsp3) is 0.556. The van der Waals surface area contributed by atoms with Crippen LogP contribution < -0.4 is 10.1 Å². The number of methoxy groups -OCH3 is 1. The molecule has 7 heteroatoms. The zero-order valence-electron chi connectivity index (χ0n) is 15.3. The largest absolute Gasteiger partial charge is 0.495 e. The molecule has 0 atom stereocenters. The minimum Gasteiger partial charge on any atom is -0.495 e. The van der Waals surface area contributed by atoms with Crippen molar-refractivity contribution in [2.75, 3.05) is 45.2 Å².